The van der Waals surface area contributed by atoms with Crippen LogP contribution >= 0.6 is 0 Å². The smallest absolute Gasteiger partial charge is 0.320 e. The number of hydrogen-bond donors (Lipinski definition) is 1. The van der Waals surface area contributed by atoms with Crippen molar-refractivity contribution in [3.8, 4) is 0 Å². The molecular formula is C18H33NO3. The van der Waals surface area contributed by atoms with Crippen LogP contribution in [-0.4, -0.2) is 37.9 Å². The Morgan fingerprint density at radius 3 is 2.64 bits per heavy atom. The van der Waals surface area contributed by atoms with Gasteiger partial charge in [0, 0.05) is 6.54 Å². The van der Waals surface area contributed by atoms with Gasteiger partial charge in [-0.2, -0.15) is 0 Å². The first-order valence-corrected chi connectivity index (χ1v) is 8.83. The van der Waals surface area contributed by atoms with Gasteiger partial charge in [-0.15, -0.1) is 0 Å². The number of rotatable bonds is 8. The van der Waals surface area contributed by atoms with Crippen LogP contribution in [0.15, 0.2) is 0 Å². The minimum atomic E-state index is -0.178. The van der Waals surface area contributed by atoms with Gasteiger partial charge in [0.05, 0.1) is 25.4 Å². The molecular weight excluding hydrogens is 278 g/mol. The maximum Gasteiger partial charge on any atom is 0.320 e. The highest BCUT2D eigenvalue weighted by Crippen LogP contribution is 2.66. The molecule has 2 aliphatic carbocycles. The van der Waals surface area contributed by atoms with Crippen LogP contribution in [0.4, 0.5) is 0 Å². The average molecular weight is 311 g/mol. The molecule has 2 aliphatic rings. The summed E-state index contributed by atoms with van der Waals surface area (Å²) in [6, 6.07) is 0. The van der Waals surface area contributed by atoms with E-state index in [1.807, 2.05) is 13.8 Å². The molecule has 22 heavy (non-hydrogen) atoms. The van der Waals surface area contributed by atoms with Gasteiger partial charge >= 0.3 is 5.97 Å². The first-order chi connectivity index (χ1) is 10.3. The van der Waals surface area contributed by atoms with E-state index in [1.165, 1.54) is 19.3 Å². The lowest BCUT2D eigenvalue weighted by molar-refractivity contribution is -0.147. The van der Waals surface area contributed by atoms with E-state index in [0.717, 1.165) is 12.3 Å². The molecule has 2 saturated carbocycles. The molecule has 128 valence electrons. The van der Waals surface area contributed by atoms with E-state index < -0.39 is 0 Å². The van der Waals surface area contributed by atoms with Crippen molar-refractivity contribution >= 4 is 5.97 Å². The van der Waals surface area contributed by atoms with Gasteiger partial charge in [0.2, 0.25) is 0 Å². The van der Waals surface area contributed by atoms with Gasteiger partial charge < -0.3 is 14.8 Å². The van der Waals surface area contributed by atoms with Gasteiger partial charge in [-0.3, -0.25) is 4.79 Å². The molecule has 4 nitrogen and oxygen atoms in total. The second-order valence-corrected chi connectivity index (χ2v) is 7.86. The summed E-state index contributed by atoms with van der Waals surface area (Å²) in [6.45, 7) is 12.8. The fraction of sp³-hybridized carbons (Fsp3) is 0.944. The predicted molar refractivity (Wildman–Crippen MR) is 87.7 cm³/mol. The summed E-state index contributed by atoms with van der Waals surface area (Å²) in [6.07, 6.45) is 5.05. The summed E-state index contributed by atoms with van der Waals surface area (Å²) < 4.78 is 11.4. The molecule has 0 aromatic carbocycles. The van der Waals surface area contributed by atoms with E-state index in [2.05, 4.69) is 26.1 Å². The van der Waals surface area contributed by atoms with E-state index in [4.69, 9.17) is 9.47 Å². The maximum absolute atomic E-state index is 11.5. The topological polar surface area (TPSA) is 47.6 Å². The minimum Gasteiger partial charge on any atom is -0.462 e. The lowest BCUT2D eigenvalue weighted by atomic mass is 9.70. The number of carbonyl (C=O) groups is 1. The molecule has 0 radical (unpaired) electrons. The van der Waals surface area contributed by atoms with E-state index >= 15 is 0 Å². The van der Waals surface area contributed by atoms with Crippen molar-refractivity contribution in [1.82, 2.24) is 5.32 Å². The van der Waals surface area contributed by atoms with Crippen molar-refractivity contribution < 1.29 is 14.3 Å². The molecule has 0 aliphatic heterocycles. The highest BCUT2D eigenvalue weighted by molar-refractivity contribution is 5.71. The van der Waals surface area contributed by atoms with Crippen molar-refractivity contribution in [2.75, 3.05) is 19.7 Å². The third-order valence-corrected chi connectivity index (χ3v) is 6.49. The largest absolute Gasteiger partial charge is 0.462 e. The molecule has 0 unspecified atom stereocenters. The molecule has 0 aromatic heterocycles. The first-order valence-electron chi connectivity index (χ1n) is 8.83. The number of nitrogens with one attached hydrogen (secondary N) is 1. The number of fused-ring (bicyclic) bond motifs is 2. The van der Waals surface area contributed by atoms with Gasteiger partial charge in [0.15, 0.2) is 0 Å². The second kappa shape index (κ2) is 6.88. The fourth-order valence-electron chi connectivity index (χ4n) is 4.20. The SMILES string of the molecule is CC[C@H](C)OC(=O)CNCCO[C@H]1C[C@@H]2CC[C@@]1(C)C2(C)C. The third kappa shape index (κ3) is 3.33. The summed E-state index contributed by atoms with van der Waals surface area (Å²) >= 11 is 0. The van der Waals surface area contributed by atoms with Crippen LogP contribution in [0.25, 0.3) is 0 Å². The van der Waals surface area contributed by atoms with Crippen molar-refractivity contribution in [2.45, 2.75) is 72.5 Å². The van der Waals surface area contributed by atoms with Crippen LogP contribution in [0, 0.1) is 16.7 Å². The van der Waals surface area contributed by atoms with Gasteiger partial charge in [-0.1, -0.05) is 27.7 Å². The molecule has 0 spiro atoms. The molecule has 0 heterocycles. The summed E-state index contributed by atoms with van der Waals surface area (Å²) in [7, 11) is 0. The van der Waals surface area contributed by atoms with Crippen LogP contribution in [0.1, 0.15) is 60.3 Å². The van der Waals surface area contributed by atoms with Gasteiger partial charge in [0.1, 0.15) is 0 Å². The van der Waals surface area contributed by atoms with Gasteiger partial charge in [-0.25, -0.2) is 0 Å². The Morgan fingerprint density at radius 1 is 1.36 bits per heavy atom. The summed E-state index contributed by atoms with van der Waals surface area (Å²) in [4.78, 5) is 11.5. The minimum absolute atomic E-state index is 0.00164. The standard InChI is InChI=1S/C18H33NO3/c1-6-13(2)22-16(20)12-19-9-10-21-15-11-14-7-8-18(15,5)17(14,3)4/h13-15,19H,6-12H2,1-5H3/t13-,14-,15-,18+/m0/s1. The molecule has 4 atom stereocenters. The van der Waals surface area contributed by atoms with E-state index in [9.17, 15) is 4.79 Å². The average Bonchev–Trinajstić information content (AvgIpc) is 2.79. The van der Waals surface area contributed by atoms with E-state index in [1.54, 1.807) is 0 Å². The lowest BCUT2D eigenvalue weighted by Gasteiger charge is -2.38. The molecule has 0 amide bonds. The normalized spacial score (nSPS) is 33.9. The van der Waals surface area contributed by atoms with Crippen molar-refractivity contribution in [3.63, 3.8) is 0 Å². The van der Waals surface area contributed by atoms with Crippen molar-refractivity contribution in [1.29, 1.82) is 0 Å². The Kier molecular flexibility index (Phi) is 5.54. The number of hydrogen-bond acceptors (Lipinski definition) is 4. The van der Waals surface area contributed by atoms with Gasteiger partial charge in [0.25, 0.3) is 0 Å². The molecule has 2 bridgehead atoms. The highest BCUT2D eigenvalue weighted by Gasteiger charge is 2.61. The molecule has 0 aromatic rings. The van der Waals surface area contributed by atoms with Crippen LogP contribution in [0.3, 0.4) is 0 Å². The summed E-state index contributed by atoms with van der Waals surface area (Å²) in [5.74, 6) is 0.628. The maximum atomic E-state index is 11.5. The summed E-state index contributed by atoms with van der Waals surface area (Å²) in [5, 5.41) is 3.12. The Balaban J connectivity index is 1.63. The van der Waals surface area contributed by atoms with Crippen LogP contribution in [-0.2, 0) is 14.3 Å². The Morgan fingerprint density at radius 2 is 2.09 bits per heavy atom. The lowest BCUT2D eigenvalue weighted by Crippen LogP contribution is -2.38. The molecule has 1 N–H and O–H groups in total. The molecule has 4 heteroatoms. The zero-order chi connectivity index (χ0) is 16.4. The van der Waals surface area contributed by atoms with Crippen LogP contribution in [0.5, 0.6) is 0 Å². The van der Waals surface area contributed by atoms with Crippen molar-refractivity contribution in [3.05, 3.63) is 0 Å². The zero-order valence-corrected chi connectivity index (χ0v) is 14.9. The number of ether oxygens (including phenoxy) is 2. The van der Waals surface area contributed by atoms with E-state index in [0.29, 0.717) is 30.1 Å². The second-order valence-electron chi connectivity index (χ2n) is 7.86. The van der Waals surface area contributed by atoms with Gasteiger partial charge in [-0.05, 0) is 49.4 Å². The molecule has 0 saturated heterocycles. The van der Waals surface area contributed by atoms with Crippen LogP contribution < -0.4 is 5.32 Å². The number of esters is 1. The van der Waals surface area contributed by atoms with E-state index in [-0.39, 0.29) is 18.6 Å². The number of carbonyl (C=O) groups excluding carboxylic acids is 1. The highest BCUT2D eigenvalue weighted by atomic mass is 16.5. The monoisotopic (exact) mass is 311 g/mol. The molecule has 2 rings (SSSR count). The zero-order valence-electron chi connectivity index (χ0n) is 14.9. The fourth-order valence-corrected chi connectivity index (χ4v) is 4.20. The van der Waals surface area contributed by atoms with Crippen molar-refractivity contribution in [2.24, 2.45) is 16.7 Å². The Hall–Kier alpha value is -0.610. The summed E-state index contributed by atoms with van der Waals surface area (Å²) in [5.41, 5.74) is 0.707. The predicted octanol–water partition coefficient (Wildman–Crippen LogP) is 3.15. The third-order valence-electron chi connectivity index (χ3n) is 6.49. The Bertz CT molecular complexity index is 396. The first kappa shape index (κ1) is 17.7. The quantitative estimate of drug-likeness (QED) is 0.552. The molecule has 2 fully saturated rings. The Labute approximate surface area is 135 Å². The van der Waals surface area contributed by atoms with Crippen LogP contribution in [0.2, 0.25) is 0 Å².